The molecule has 0 spiro atoms. The number of nitrogens with zero attached hydrogens (tertiary/aromatic N) is 1. The van der Waals surface area contributed by atoms with Crippen LogP contribution in [0.4, 0.5) is 10.5 Å². The number of hydrogen-bond donors (Lipinski definition) is 2. The van der Waals surface area contributed by atoms with Gasteiger partial charge in [-0.2, -0.15) is 11.8 Å². The number of rotatable bonds is 3. The van der Waals surface area contributed by atoms with Gasteiger partial charge in [-0.3, -0.25) is 0 Å². The SMILES string of the molecule is CSC1(C(N)=S)CCN(C(=O)Nc2cccc(Cl)c2)CC1. The molecule has 21 heavy (non-hydrogen) atoms. The summed E-state index contributed by atoms with van der Waals surface area (Å²) < 4.78 is -0.178. The second kappa shape index (κ2) is 6.85. The number of thiocarbonyl (C=S) groups is 1. The Hall–Kier alpha value is -0.980. The van der Waals surface area contributed by atoms with Crippen LogP contribution < -0.4 is 11.1 Å². The van der Waals surface area contributed by atoms with Gasteiger partial charge in [-0.1, -0.05) is 29.9 Å². The molecule has 0 unspecified atom stereocenters. The molecule has 0 radical (unpaired) electrons. The predicted octanol–water partition coefficient (Wildman–Crippen LogP) is 3.36. The van der Waals surface area contributed by atoms with Gasteiger partial charge in [0.1, 0.15) is 0 Å². The van der Waals surface area contributed by atoms with Gasteiger partial charge in [-0.05, 0) is 37.3 Å². The third-order valence-electron chi connectivity index (χ3n) is 3.77. The van der Waals surface area contributed by atoms with Crippen molar-refractivity contribution in [2.45, 2.75) is 17.6 Å². The Labute approximate surface area is 139 Å². The van der Waals surface area contributed by atoms with Crippen molar-refractivity contribution in [1.29, 1.82) is 0 Å². The topological polar surface area (TPSA) is 58.4 Å². The number of carbonyl (C=O) groups is 1. The second-order valence-corrected chi connectivity index (χ2v) is 7.06. The van der Waals surface area contributed by atoms with E-state index in [-0.39, 0.29) is 10.8 Å². The summed E-state index contributed by atoms with van der Waals surface area (Å²) in [6.45, 7) is 1.29. The van der Waals surface area contributed by atoms with E-state index in [1.54, 1.807) is 34.9 Å². The summed E-state index contributed by atoms with van der Waals surface area (Å²) >= 11 is 12.8. The highest BCUT2D eigenvalue weighted by molar-refractivity contribution is 8.02. The van der Waals surface area contributed by atoms with Gasteiger partial charge in [0.15, 0.2) is 0 Å². The van der Waals surface area contributed by atoms with Crippen LogP contribution in [0, 0.1) is 0 Å². The van der Waals surface area contributed by atoms with E-state index in [2.05, 4.69) is 5.32 Å². The van der Waals surface area contributed by atoms with E-state index in [9.17, 15) is 4.79 Å². The molecule has 7 heteroatoms. The van der Waals surface area contributed by atoms with Crippen LogP contribution in [-0.2, 0) is 0 Å². The number of benzene rings is 1. The van der Waals surface area contributed by atoms with Gasteiger partial charge in [-0.25, -0.2) is 4.79 Å². The first-order chi connectivity index (χ1) is 9.97. The summed E-state index contributed by atoms with van der Waals surface area (Å²) in [5.74, 6) is 0. The number of hydrogen-bond acceptors (Lipinski definition) is 3. The fraction of sp³-hybridized carbons (Fsp3) is 0.429. The van der Waals surface area contributed by atoms with Gasteiger partial charge in [0, 0.05) is 23.8 Å². The molecular formula is C14H18ClN3OS2. The van der Waals surface area contributed by atoms with E-state index < -0.39 is 0 Å². The standard InChI is InChI=1S/C14H18ClN3OS2/c1-21-14(12(16)20)5-7-18(8-6-14)13(19)17-11-4-2-3-10(15)9-11/h2-4,9H,5-8H2,1H3,(H2,16,20)(H,17,19). The van der Waals surface area contributed by atoms with Gasteiger partial charge in [0.2, 0.25) is 0 Å². The fourth-order valence-corrected chi connectivity index (χ4v) is 3.83. The minimum atomic E-state index is -0.178. The molecule has 4 nitrogen and oxygen atoms in total. The molecule has 2 rings (SSSR count). The number of thioether (sulfide) groups is 1. The Kier molecular flexibility index (Phi) is 5.35. The van der Waals surface area contributed by atoms with Crippen LogP contribution in [0.2, 0.25) is 5.02 Å². The van der Waals surface area contributed by atoms with Crippen molar-refractivity contribution >= 4 is 52.3 Å². The van der Waals surface area contributed by atoms with Crippen molar-refractivity contribution in [2.24, 2.45) is 5.73 Å². The van der Waals surface area contributed by atoms with Crippen LogP contribution in [0.3, 0.4) is 0 Å². The van der Waals surface area contributed by atoms with Crippen molar-refractivity contribution < 1.29 is 4.79 Å². The van der Waals surface area contributed by atoms with Crippen molar-refractivity contribution in [3.05, 3.63) is 29.3 Å². The maximum Gasteiger partial charge on any atom is 0.321 e. The molecule has 0 saturated carbocycles. The zero-order valence-electron chi connectivity index (χ0n) is 11.8. The first-order valence-electron chi connectivity index (χ1n) is 6.63. The molecule has 2 amide bonds. The quantitative estimate of drug-likeness (QED) is 0.826. The Morgan fingerprint density at radius 1 is 1.48 bits per heavy atom. The normalized spacial score (nSPS) is 17.3. The minimum Gasteiger partial charge on any atom is -0.392 e. The zero-order valence-corrected chi connectivity index (χ0v) is 14.2. The van der Waals surface area contributed by atoms with E-state index in [0.29, 0.717) is 28.8 Å². The molecular weight excluding hydrogens is 326 g/mol. The van der Waals surface area contributed by atoms with Crippen LogP contribution >= 0.6 is 35.6 Å². The number of nitrogens with one attached hydrogen (secondary N) is 1. The first-order valence-corrected chi connectivity index (χ1v) is 8.64. The predicted molar refractivity (Wildman–Crippen MR) is 94.3 cm³/mol. The van der Waals surface area contributed by atoms with Crippen LogP contribution in [0.1, 0.15) is 12.8 Å². The second-order valence-electron chi connectivity index (χ2n) is 4.99. The Morgan fingerprint density at radius 2 is 2.14 bits per heavy atom. The number of urea groups is 1. The largest absolute Gasteiger partial charge is 0.392 e. The molecule has 0 aliphatic carbocycles. The van der Waals surface area contributed by atoms with E-state index >= 15 is 0 Å². The van der Waals surface area contributed by atoms with E-state index in [4.69, 9.17) is 29.6 Å². The lowest BCUT2D eigenvalue weighted by molar-refractivity contribution is 0.197. The Morgan fingerprint density at radius 3 is 2.67 bits per heavy atom. The lowest BCUT2D eigenvalue weighted by Crippen LogP contribution is -2.51. The zero-order chi connectivity index (χ0) is 15.5. The number of anilines is 1. The highest BCUT2D eigenvalue weighted by atomic mass is 35.5. The molecule has 0 aromatic heterocycles. The number of carbonyl (C=O) groups excluding carboxylic acids is 1. The van der Waals surface area contributed by atoms with Crippen LogP contribution in [0.15, 0.2) is 24.3 Å². The third kappa shape index (κ3) is 3.81. The van der Waals surface area contributed by atoms with Crippen molar-refractivity contribution in [3.8, 4) is 0 Å². The van der Waals surface area contributed by atoms with Crippen molar-refractivity contribution in [1.82, 2.24) is 4.90 Å². The molecule has 1 saturated heterocycles. The average Bonchev–Trinajstić information content (AvgIpc) is 2.47. The summed E-state index contributed by atoms with van der Waals surface area (Å²) in [6.07, 6.45) is 3.58. The van der Waals surface area contributed by atoms with Gasteiger partial charge >= 0.3 is 6.03 Å². The van der Waals surface area contributed by atoms with Crippen molar-refractivity contribution in [2.75, 3.05) is 24.7 Å². The Balaban J connectivity index is 1.96. The van der Waals surface area contributed by atoms with E-state index in [1.165, 1.54) is 0 Å². The number of nitrogens with two attached hydrogens (primary N) is 1. The average molecular weight is 344 g/mol. The van der Waals surface area contributed by atoms with Crippen molar-refractivity contribution in [3.63, 3.8) is 0 Å². The van der Waals surface area contributed by atoms with Gasteiger partial charge in [0.05, 0.1) is 9.74 Å². The molecule has 1 aromatic rings. The number of piperidine rings is 1. The molecule has 1 fully saturated rings. The number of likely N-dealkylation sites (tertiary alicyclic amines) is 1. The first kappa shape index (κ1) is 16.4. The lowest BCUT2D eigenvalue weighted by atomic mass is 9.96. The smallest absolute Gasteiger partial charge is 0.321 e. The lowest BCUT2D eigenvalue weighted by Gasteiger charge is -2.39. The van der Waals surface area contributed by atoms with Crippen LogP contribution in [0.25, 0.3) is 0 Å². The third-order valence-corrected chi connectivity index (χ3v) is 5.94. The minimum absolute atomic E-state index is 0.116. The summed E-state index contributed by atoms with van der Waals surface area (Å²) in [5, 5.41) is 3.46. The maximum atomic E-state index is 12.2. The summed E-state index contributed by atoms with van der Waals surface area (Å²) in [5.41, 5.74) is 6.55. The number of amides is 2. The van der Waals surface area contributed by atoms with Gasteiger partial charge in [-0.15, -0.1) is 0 Å². The molecule has 0 atom stereocenters. The summed E-state index contributed by atoms with van der Waals surface area (Å²) in [4.78, 5) is 14.6. The monoisotopic (exact) mass is 343 g/mol. The van der Waals surface area contributed by atoms with E-state index in [1.807, 2.05) is 12.3 Å². The summed E-state index contributed by atoms with van der Waals surface area (Å²) in [6, 6.07) is 7.00. The molecule has 114 valence electrons. The fourth-order valence-electron chi connectivity index (χ4n) is 2.39. The highest BCUT2D eigenvalue weighted by Crippen LogP contribution is 2.35. The maximum absolute atomic E-state index is 12.2. The highest BCUT2D eigenvalue weighted by Gasteiger charge is 2.37. The van der Waals surface area contributed by atoms with Gasteiger partial charge < -0.3 is 16.0 Å². The molecule has 1 aromatic carbocycles. The summed E-state index contributed by atoms with van der Waals surface area (Å²) in [7, 11) is 0. The molecule has 3 N–H and O–H groups in total. The molecule has 1 heterocycles. The van der Waals surface area contributed by atoms with Crippen LogP contribution in [-0.4, -0.2) is 40.0 Å². The van der Waals surface area contributed by atoms with Gasteiger partial charge in [0.25, 0.3) is 0 Å². The molecule has 1 aliphatic rings. The molecule has 0 bridgehead atoms. The van der Waals surface area contributed by atoms with E-state index in [0.717, 1.165) is 12.8 Å². The Bertz CT molecular complexity index is 545. The van der Waals surface area contributed by atoms with Crippen LogP contribution in [0.5, 0.6) is 0 Å². The molecule has 1 aliphatic heterocycles. The number of halogens is 1.